The Morgan fingerprint density at radius 1 is 1.12 bits per heavy atom. The van der Waals surface area contributed by atoms with Crippen molar-refractivity contribution >= 4 is 17.6 Å². The molecule has 3 aliphatic rings. The molecular formula is C25H27N3O4. The Labute approximate surface area is 187 Å². The van der Waals surface area contributed by atoms with E-state index in [1.807, 2.05) is 18.2 Å². The number of carbonyl (C=O) groups excluding carboxylic acids is 1. The Morgan fingerprint density at radius 2 is 1.88 bits per heavy atom. The Kier molecular flexibility index (Phi) is 5.33. The maximum absolute atomic E-state index is 12.8. The fourth-order valence-corrected chi connectivity index (χ4v) is 5.21. The molecule has 1 amide bonds. The summed E-state index contributed by atoms with van der Waals surface area (Å²) in [5, 5.41) is 13.2. The van der Waals surface area contributed by atoms with Crippen LogP contribution in [0.25, 0.3) is 5.57 Å². The lowest BCUT2D eigenvalue weighted by Crippen LogP contribution is -2.34. The number of benzene rings is 1. The number of fused-ring (bicyclic) bond motifs is 1. The number of carboxylic acid groups (broad SMARTS) is 1. The highest BCUT2D eigenvalue weighted by Gasteiger charge is 2.44. The van der Waals surface area contributed by atoms with E-state index in [1.165, 1.54) is 11.8 Å². The minimum atomic E-state index is -1.12. The van der Waals surface area contributed by atoms with Gasteiger partial charge in [0, 0.05) is 30.4 Å². The molecule has 1 aliphatic heterocycles. The Hall–Kier alpha value is -3.35. The van der Waals surface area contributed by atoms with E-state index in [4.69, 9.17) is 4.74 Å². The van der Waals surface area contributed by atoms with Gasteiger partial charge in [-0.1, -0.05) is 36.4 Å². The third kappa shape index (κ3) is 3.83. The molecule has 1 saturated heterocycles. The van der Waals surface area contributed by atoms with Crippen molar-refractivity contribution in [3.05, 3.63) is 65.5 Å². The first kappa shape index (κ1) is 20.5. The van der Waals surface area contributed by atoms with Crippen LogP contribution >= 0.6 is 0 Å². The zero-order valence-corrected chi connectivity index (χ0v) is 18.1. The van der Waals surface area contributed by atoms with Crippen molar-refractivity contribution in [1.29, 1.82) is 0 Å². The molecule has 0 unspecified atom stereocenters. The first-order valence-electron chi connectivity index (χ1n) is 11.2. The molecular weight excluding hydrogens is 406 g/mol. The van der Waals surface area contributed by atoms with Crippen LogP contribution in [0.1, 0.15) is 47.3 Å². The zero-order chi connectivity index (χ0) is 22.2. The maximum atomic E-state index is 12.8. The number of likely N-dealkylation sites (tertiary alicyclic amines) is 1. The predicted octanol–water partition coefficient (Wildman–Crippen LogP) is 4.38. The molecule has 2 fully saturated rings. The van der Waals surface area contributed by atoms with Crippen LogP contribution in [0.2, 0.25) is 0 Å². The average Bonchev–Trinajstić information content (AvgIpc) is 3.47. The molecule has 0 bridgehead atoms. The lowest BCUT2D eigenvalue weighted by atomic mass is 9.99. The Balaban J connectivity index is 1.23. The van der Waals surface area contributed by atoms with Gasteiger partial charge in [0.25, 0.3) is 0 Å². The molecule has 1 aromatic heterocycles. The van der Waals surface area contributed by atoms with E-state index in [2.05, 4.69) is 29.4 Å². The quantitative estimate of drug-likeness (QED) is 0.773. The third-order valence-electron chi connectivity index (χ3n) is 6.76. The molecule has 0 spiro atoms. The highest BCUT2D eigenvalue weighted by atomic mass is 16.5. The number of aromatic nitrogens is 2. The van der Waals surface area contributed by atoms with E-state index < -0.39 is 5.97 Å². The number of carbonyl (C=O) groups is 2. The molecule has 1 N–H and O–H groups in total. The number of aryl methyl sites for hydroxylation is 1. The summed E-state index contributed by atoms with van der Waals surface area (Å²) in [6.07, 6.45) is 12.3. The second kappa shape index (κ2) is 8.30. The number of amides is 1. The van der Waals surface area contributed by atoms with Crippen molar-refractivity contribution in [2.75, 3.05) is 13.1 Å². The van der Waals surface area contributed by atoms with Gasteiger partial charge in [-0.05, 0) is 56.1 Å². The highest BCUT2D eigenvalue weighted by Crippen LogP contribution is 2.41. The summed E-state index contributed by atoms with van der Waals surface area (Å²) < 4.78 is 7.62. The number of para-hydroxylation sites is 1. The van der Waals surface area contributed by atoms with Crippen molar-refractivity contribution < 1.29 is 19.4 Å². The summed E-state index contributed by atoms with van der Waals surface area (Å²) in [4.78, 5) is 25.9. The predicted molar refractivity (Wildman–Crippen MR) is 120 cm³/mol. The summed E-state index contributed by atoms with van der Waals surface area (Å²) in [5.41, 5.74) is 2.77. The van der Waals surface area contributed by atoms with Gasteiger partial charge in [0.15, 0.2) is 5.69 Å². The minimum absolute atomic E-state index is 0.0761. The first-order valence-corrected chi connectivity index (χ1v) is 11.2. The van der Waals surface area contributed by atoms with Gasteiger partial charge in [0.05, 0.1) is 6.10 Å². The van der Waals surface area contributed by atoms with Crippen LogP contribution in [0.3, 0.4) is 0 Å². The van der Waals surface area contributed by atoms with E-state index in [-0.39, 0.29) is 17.8 Å². The van der Waals surface area contributed by atoms with Gasteiger partial charge in [-0.25, -0.2) is 9.59 Å². The van der Waals surface area contributed by atoms with Crippen LogP contribution < -0.4 is 4.74 Å². The normalized spacial score (nSPS) is 24.3. The van der Waals surface area contributed by atoms with Gasteiger partial charge in [-0.15, -0.1) is 0 Å². The zero-order valence-electron chi connectivity index (χ0n) is 18.1. The summed E-state index contributed by atoms with van der Waals surface area (Å²) in [7, 11) is 0. The monoisotopic (exact) mass is 433 g/mol. The molecule has 2 aliphatic carbocycles. The Morgan fingerprint density at radius 3 is 2.53 bits per heavy atom. The van der Waals surface area contributed by atoms with Crippen molar-refractivity contribution in [3.8, 4) is 5.75 Å². The molecule has 0 radical (unpaired) electrons. The van der Waals surface area contributed by atoms with Gasteiger partial charge >= 0.3 is 12.0 Å². The number of hydrogen-bond donors (Lipinski definition) is 1. The average molecular weight is 434 g/mol. The fraction of sp³-hybridized carbons (Fsp3) is 0.400. The molecule has 7 heteroatoms. The van der Waals surface area contributed by atoms with Crippen LogP contribution in [0.5, 0.6) is 5.75 Å². The van der Waals surface area contributed by atoms with Gasteiger partial charge < -0.3 is 14.7 Å². The molecule has 1 saturated carbocycles. The lowest BCUT2D eigenvalue weighted by molar-refractivity contribution is 0.0689. The molecule has 3 atom stereocenters. The van der Waals surface area contributed by atoms with E-state index >= 15 is 0 Å². The summed E-state index contributed by atoms with van der Waals surface area (Å²) in [6, 6.07) is 7.96. The molecule has 2 heterocycles. The molecule has 32 heavy (non-hydrogen) atoms. The number of ether oxygens (including phenoxy) is 1. The van der Waals surface area contributed by atoms with Crippen molar-refractivity contribution in [2.24, 2.45) is 11.8 Å². The first-order chi connectivity index (χ1) is 15.5. The van der Waals surface area contributed by atoms with E-state index in [0.29, 0.717) is 30.5 Å². The van der Waals surface area contributed by atoms with Crippen LogP contribution in [-0.4, -0.2) is 51.0 Å². The number of carboxylic acids is 1. The molecule has 1 aromatic carbocycles. The van der Waals surface area contributed by atoms with Crippen molar-refractivity contribution in [2.45, 2.75) is 38.7 Å². The molecule has 2 aromatic rings. The second-order valence-electron chi connectivity index (χ2n) is 8.96. The minimum Gasteiger partial charge on any atom is -0.490 e. The van der Waals surface area contributed by atoms with Crippen molar-refractivity contribution in [3.63, 3.8) is 0 Å². The lowest BCUT2D eigenvalue weighted by Gasteiger charge is -2.21. The Bertz CT molecular complexity index is 1100. The van der Waals surface area contributed by atoms with E-state index in [1.54, 1.807) is 11.8 Å². The van der Waals surface area contributed by atoms with Crippen LogP contribution in [0.4, 0.5) is 4.79 Å². The summed E-state index contributed by atoms with van der Waals surface area (Å²) >= 11 is 0. The topological polar surface area (TPSA) is 84.7 Å². The smallest absolute Gasteiger partial charge is 0.356 e. The highest BCUT2D eigenvalue weighted by molar-refractivity contribution is 5.88. The summed E-state index contributed by atoms with van der Waals surface area (Å²) in [6.45, 7) is 2.96. The van der Waals surface area contributed by atoms with Crippen molar-refractivity contribution in [1.82, 2.24) is 14.7 Å². The van der Waals surface area contributed by atoms with E-state index in [9.17, 15) is 14.7 Å². The van der Waals surface area contributed by atoms with E-state index in [0.717, 1.165) is 41.7 Å². The summed E-state index contributed by atoms with van der Waals surface area (Å²) in [5.74, 6) is 0.588. The SMILES string of the molecule is Cc1cn(C(=O)N2C[C@H]3C[C@H](Oc4ccccc4C4=CCCC=C4)C[C@H]3C2)nc1C(=O)O. The van der Waals surface area contributed by atoms with Crippen LogP contribution in [-0.2, 0) is 0 Å². The van der Waals surface area contributed by atoms with Gasteiger partial charge in [0.1, 0.15) is 5.75 Å². The number of rotatable bonds is 4. The van der Waals surface area contributed by atoms with Crippen LogP contribution in [0, 0.1) is 18.8 Å². The van der Waals surface area contributed by atoms with Gasteiger partial charge in [0.2, 0.25) is 0 Å². The fourth-order valence-electron chi connectivity index (χ4n) is 5.21. The largest absolute Gasteiger partial charge is 0.490 e. The number of aromatic carboxylic acids is 1. The molecule has 7 nitrogen and oxygen atoms in total. The number of hydrogen-bond acceptors (Lipinski definition) is 4. The molecule has 166 valence electrons. The molecule has 5 rings (SSSR count). The maximum Gasteiger partial charge on any atom is 0.356 e. The number of allylic oxidation sites excluding steroid dienone is 4. The number of nitrogens with zero attached hydrogens (tertiary/aromatic N) is 3. The third-order valence-corrected chi connectivity index (χ3v) is 6.76. The van der Waals surface area contributed by atoms with Gasteiger partial charge in [-0.3, -0.25) is 0 Å². The standard InChI is InChI=1S/C25H27N3O4/c1-16-13-28(26-23(16)24(29)30)25(31)27-14-18-11-20(12-19(18)15-27)32-22-10-6-5-9-21(22)17-7-3-2-4-8-17/h3,5-10,13,18-20H,2,4,11-12,14-15H2,1H3,(H,29,30)/t18-,19+,20+. The van der Waals surface area contributed by atoms with Crippen LogP contribution in [0.15, 0.2) is 48.7 Å². The second-order valence-corrected chi connectivity index (χ2v) is 8.96. The van der Waals surface area contributed by atoms with Gasteiger partial charge in [-0.2, -0.15) is 9.78 Å².